The standard InChI is InChI=1S/C15H14ClFN2O4/c16-8-13(20)9-18-11-5-12(19(21)22)7-15(6-11)23-14-3-1-10(17)2-4-14/h1-7,13,18,20H,8-9H2. The second-order valence-corrected chi connectivity index (χ2v) is 5.03. The Morgan fingerprint density at radius 2 is 1.96 bits per heavy atom. The number of non-ortho nitro benzene ring substituents is 1. The van der Waals surface area contributed by atoms with Crippen molar-refractivity contribution in [1.82, 2.24) is 0 Å². The number of hydrogen-bond donors (Lipinski definition) is 2. The molecule has 0 aliphatic rings. The third kappa shape index (κ3) is 5.08. The molecule has 1 unspecified atom stereocenters. The minimum absolute atomic E-state index is 0.0425. The van der Waals surface area contributed by atoms with Gasteiger partial charge in [-0.2, -0.15) is 0 Å². The molecule has 2 aromatic carbocycles. The maximum absolute atomic E-state index is 12.9. The summed E-state index contributed by atoms with van der Waals surface area (Å²) in [7, 11) is 0. The van der Waals surface area contributed by atoms with E-state index in [1.165, 1.54) is 42.5 Å². The Labute approximate surface area is 136 Å². The number of aliphatic hydroxyl groups excluding tert-OH is 1. The number of nitrogens with zero attached hydrogens (tertiary/aromatic N) is 1. The first-order chi connectivity index (χ1) is 11.0. The first kappa shape index (κ1) is 17.0. The molecular formula is C15H14ClFN2O4. The summed E-state index contributed by atoms with van der Waals surface area (Å²) in [5.41, 5.74) is 0.230. The molecule has 122 valence electrons. The van der Waals surface area contributed by atoms with Crippen LogP contribution in [0.25, 0.3) is 0 Å². The predicted molar refractivity (Wildman–Crippen MR) is 84.8 cm³/mol. The summed E-state index contributed by atoms with van der Waals surface area (Å²) in [5.74, 6) is 0.196. The second kappa shape index (κ2) is 7.75. The largest absolute Gasteiger partial charge is 0.457 e. The average Bonchev–Trinajstić information content (AvgIpc) is 2.54. The minimum atomic E-state index is -0.780. The van der Waals surface area contributed by atoms with Crippen molar-refractivity contribution in [3.8, 4) is 11.5 Å². The molecule has 2 aromatic rings. The normalized spacial score (nSPS) is 11.8. The number of rotatable bonds is 7. The summed E-state index contributed by atoms with van der Waals surface area (Å²) >= 11 is 5.50. The smallest absolute Gasteiger partial charge is 0.275 e. The molecule has 1 atom stereocenters. The van der Waals surface area contributed by atoms with Crippen LogP contribution in [0.15, 0.2) is 42.5 Å². The highest BCUT2D eigenvalue weighted by atomic mass is 35.5. The van der Waals surface area contributed by atoms with Crippen LogP contribution in [0.2, 0.25) is 0 Å². The molecule has 0 aliphatic heterocycles. The third-order valence-electron chi connectivity index (χ3n) is 2.87. The summed E-state index contributed by atoms with van der Waals surface area (Å²) in [6.07, 6.45) is -0.780. The maximum atomic E-state index is 12.9. The van der Waals surface area contributed by atoms with Gasteiger partial charge in [-0.1, -0.05) is 0 Å². The van der Waals surface area contributed by atoms with Crippen molar-refractivity contribution < 1.29 is 19.2 Å². The molecular weight excluding hydrogens is 327 g/mol. The number of anilines is 1. The highest BCUT2D eigenvalue weighted by Gasteiger charge is 2.12. The van der Waals surface area contributed by atoms with Gasteiger partial charge in [-0.15, -0.1) is 11.6 Å². The van der Waals surface area contributed by atoms with Crippen molar-refractivity contribution in [1.29, 1.82) is 0 Å². The SMILES string of the molecule is O=[N+]([O-])c1cc(NCC(O)CCl)cc(Oc2ccc(F)cc2)c1. The van der Waals surface area contributed by atoms with Crippen LogP contribution in [-0.4, -0.2) is 28.6 Å². The van der Waals surface area contributed by atoms with Crippen molar-refractivity contribution in [2.45, 2.75) is 6.10 Å². The lowest BCUT2D eigenvalue weighted by molar-refractivity contribution is -0.384. The van der Waals surface area contributed by atoms with Crippen LogP contribution in [0.3, 0.4) is 0 Å². The Morgan fingerprint density at radius 3 is 2.57 bits per heavy atom. The van der Waals surface area contributed by atoms with E-state index in [-0.39, 0.29) is 23.9 Å². The fraction of sp³-hybridized carbons (Fsp3) is 0.200. The molecule has 6 nitrogen and oxygen atoms in total. The van der Waals surface area contributed by atoms with Gasteiger partial charge in [0.15, 0.2) is 0 Å². The van der Waals surface area contributed by atoms with E-state index in [0.717, 1.165) is 0 Å². The first-order valence-corrected chi connectivity index (χ1v) is 7.22. The zero-order valence-corrected chi connectivity index (χ0v) is 12.7. The van der Waals surface area contributed by atoms with Crippen LogP contribution in [-0.2, 0) is 0 Å². The van der Waals surface area contributed by atoms with Gasteiger partial charge in [-0.3, -0.25) is 10.1 Å². The van der Waals surface area contributed by atoms with Crippen molar-refractivity contribution in [2.24, 2.45) is 0 Å². The lowest BCUT2D eigenvalue weighted by Crippen LogP contribution is -2.20. The molecule has 0 aliphatic carbocycles. The Morgan fingerprint density at radius 1 is 1.26 bits per heavy atom. The van der Waals surface area contributed by atoms with E-state index in [4.69, 9.17) is 16.3 Å². The number of nitro benzene ring substituents is 1. The van der Waals surface area contributed by atoms with Crippen molar-refractivity contribution >= 4 is 23.0 Å². The van der Waals surface area contributed by atoms with E-state index in [1.807, 2.05) is 0 Å². The number of ether oxygens (including phenoxy) is 1. The molecule has 0 spiro atoms. The van der Waals surface area contributed by atoms with Gasteiger partial charge in [0.2, 0.25) is 0 Å². The monoisotopic (exact) mass is 340 g/mol. The summed E-state index contributed by atoms with van der Waals surface area (Å²) in [6.45, 7) is 0.140. The third-order valence-corrected chi connectivity index (χ3v) is 3.23. The fourth-order valence-corrected chi connectivity index (χ4v) is 1.89. The molecule has 0 heterocycles. The van der Waals surface area contributed by atoms with Gasteiger partial charge in [0.05, 0.1) is 23.0 Å². The van der Waals surface area contributed by atoms with Crippen molar-refractivity contribution in [2.75, 3.05) is 17.7 Å². The van der Waals surface area contributed by atoms with Gasteiger partial charge >= 0.3 is 0 Å². The van der Waals surface area contributed by atoms with Crippen LogP contribution in [0.1, 0.15) is 0 Å². The molecule has 0 radical (unpaired) electrons. The number of nitrogens with one attached hydrogen (secondary N) is 1. The van der Waals surface area contributed by atoms with Gasteiger partial charge in [0.25, 0.3) is 5.69 Å². The number of alkyl halides is 1. The molecule has 0 saturated carbocycles. The zero-order chi connectivity index (χ0) is 16.8. The van der Waals surface area contributed by atoms with E-state index >= 15 is 0 Å². The van der Waals surface area contributed by atoms with E-state index < -0.39 is 16.8 Å². The van der Waals surface area contributed by atoms with E-state index in [9.17, 15) is 19.6 Å². The summed E-state index contributed by atoms with van der Waals surface area (Å²) < 4.78 is 18.4. The fourth-order valence-electron chi connectivity index (χ4n) is 1.78. The lowest BCUT2D eigenvalue weighted by atomic mass is 10.2. The second-order valence-electron chi connectivity index (χ2n) is 4.72. The Kier molecular flexibility index (Phi) is 5.72. The summed E-state index contributed by atoms with van der Waals surface area (Å²) in [5, 5.41) is 23.3. The minimum Gasteiger partial charge on any atom is -0.457 e. The molecule has 0 bridgehead atoms. The van der Waals surface area contributed by atoms with E-state index in [0.29, 0.717) is 11.4 Å². The van der Waals surface area contributed by atoms with Gasteiger partial charge in [-0.05, 0) is 24.3 Å². The number of hydrogen-bond acceptors (Lipinski definition) is 5. The Balaban J connectivity index is 2.21. The maximum Gasteiger partial charge on any atom is 0.275 e. The van der Waals surface area contributed by atoms with Gasteiger partial charge < -0.3 is 15.2 Å². The molecule has 0 saturated heterocycles. The summed E-state index contributed by atoms with van der Waals surface area (Å²) in [4.78, 5) is 10.4. The predicted octanol–water partition coefficient (Wildman–Crippen LogP) is 3.54. The van der Waals surface area contributed by atoms with Gasteiger partial charge in [-0.25, -0.2) is 4.39 Å². The van der Waals surface area contributed by atoms with Gasteiger partial charge in [0, 0.05) is 24.4 Å². The number of halogens is 2. The highest BCUT2D eigenvalue weighted by molar-refractivity contribution is 6.18. The molecule has 2 rings (SSSR count). The topological polar surface area (TPSA) is 84.6 Å². The van der Waals surface area contributed by atoms with Crippen molar-refractivity contribution in [3.05, 3.63) is 58.4 Å². The summed E-state index contributed by atoms with van der Waals surface area (Å²) in [6, 6.07) is 9.39. The number of nitro groups is 1. The van der Waals surface area contributed by atoms with Crippen molar-refractivity contribution in [3.63, 3.8) is 0 Å². The Hall–Kier alpha value is -2.38. The molecule has 0 amide bonds. The zero-order valence-electron chi connectivity index (χ0n) is 11.9. The first-order valence-electron chi connectivity index (χ1n) is 6.68. The molecule has 0 aromatic heterocycles. The van der Waals surface area contributed by atoms with Crippen LogP contribution in [0, 0.1) is 15.9 Å². The average molecular weight is 341 g/mol. The quantitative estimate of drug-likeness (QED) is 0.457. The van der Waals surface area contributed by atoms with Crippen LogP contribution < -0.4 is 10.1 Å². The van der Waals surface area contributed by atoms with Gasteiger partial charge in [0.1, 0.15) is 17.3 Å². The highest BCUT2D eigenvalue weighted by Crippen LogP contribution is 2.29. The molecule has 2 N–H and O–H groups in total. The van der Waals surface area contributed by atoms with Crippen LogP contribution in [0.4, 0.5) is 15.8 Å². The van der Waals surface area contributed by atoms with E-state index in [2.05, 4.69) is 5.32 Å². The lowest BCUT2D eigenvalue weighted by Gasteiger charge is -2.12. The number of aliphatic hydroxyl groups is 1. The van der Waals surface area contributed by atoms with Crippen LogP contribution >= 0.6 is 11.6 Å². The Bertz CT molecular complexity index is 682. The van der Waals surface area contributed by atoms with Crippen LogP contribution in [0.5, 0.6) is 11.5 Å². The molecule has 0 fully saturated rings. The molecule has 8 heteroatoms. The molecule has 23 heavy (non-hydrogen) atoms. The number of benzene rings is 2. The van der Waals surface area contributed by atoms with E-state index in [1.54, 1.807) is 0 Å².